The third-order valence-electron chi connectivity index (χ3n) is 4.18. The van der Waals surface area contributed by atoms with Crippen LogP contribution in [-0.2, 0) is 11.3 Å². The summed E-state index contributed by atoms with van der Waals surface area (Å²) in [6.45, 7) is 6.08. The molecule has 160 valence electrons. The van der Waals surface area contributed by atoms with E-state index in [0.717, 1.165) is 0 Å². The van der Waals surface area contributed by atoms with E-state index in [2.05, 4.69) is 22.1 Å². The molecule has 10 heteroatoms. The van der Waals surface area contributed by atoms with E-state index in [1.54, 1.807) is 18.2 Å². The molecule has 1 amide bonds. The minimum absolute atomic E-state index is 0.00917. The van der Waals surface area contributed by atoms with Gasteiger partial charge in [-0.1, -0.05) is 48.2 Å². The number of carbonyl (C=O) groups excluding carboxylic acids is 1. The maximum atomic E-state index is 12.4. The molecule has 2 aromatic carbocycles. The third-order valence-corrected chi connectivity index (χ3v) is 5.15. The monoisotopic (exact) mass is 439 g/mol. The molecule has 1 N–H and O–H groups in total. The molecule has 1 unspecified atom stereocenters. The Balaban J connectivity index is 1.68. The molecule has 31 heavy (non-hydrogen) atoms. The number of nitrogens with zero attached hydrogens (tertiary/aromatic N) is 4. The van der Waals surface area contributed by atoms with E-state index in [1.807, 2.05) is 41.8 Å². The highest BCUT2D eigenvalue weighted by Gasteiger charge is 2.20. The molecule has 0 spiro atoms. The van der Waals surface area contributed by atoms with Gasteiger partial charge in [0, 0.05) is 12.6 Å². The minimum atomic E-state index is -0.538. The quantitative estimate of drug-likeness (QED) is 0.218. The van der Waals surface area contributed by atoms with Crippen molar-refractivity contribution >= 4 is 29.0 Å². The van der Waals surface area contributed by atoms with Crippen molar-refractivity contribution in [3.05, 3.63) is 83.2 Å². The average Bonchev–Trinajstić information content (AvgIpc) is 3.16. The number of rotatable bonds is 10. The Morgan fingerprint density at radius 1 is 1.26 bits per heavy atom. The number of aromatic nitrogens is 3. The van der Waals surface area contributed by atoms with Gasteiger partial charge in [-0.3, -0.25) is 19.5 Å². The standard InChI is InChI=1S/C21H21N5O4S/c1-3-13-25-20(15(2)30-16-9-5-4-6-10-16)23-24-21(25)31-14-19(27)22-17-11-7-8-12-18(17)26(28)29/h3-12,15H,1,13-14H2,2H3,(H,22,27). The van der Waals surface area contributed by atoms with Crippen LogP contribution in [0.5, 0.6) is 5.75 Å². The first kappa shape index (κ1) is 22.0. The van der Waals surface area contributed by atoms with Crippen LogP contribution in [0.4, 0.5) is 11.4 Å². The Kier molecular flexibility index (Phi) is 7.39. The van der Waals surface area contributed by atoms with Gasteiger partial charge in [0.2, 0.25) is 5.91 Å². The number of nitrogens with one attached hydrogen (secondary N) is 1. The Morgan fingerprint density at radius 2 is 1.97 bits per heavy atom. The number of anilines is 1. The van der Waals surface area contributed by atoms with Crippen molar-refractivity contribution < 1.29 is 14.5 Å². The van der Waals surface area contributed by atoms with E-state index < -0.39 is 4.92 Å². The lowest BCUT2D eigenvalue weighted by Gasteiger charge is -2.15. The number of benzene rings is 2. The number of thioether (sulfide) groups is 1. The number of carbonyl (C=O) groups is 1. The molecule has 0 bridgehead atoms. The fourth-order valence-electron chi connectivity index (χ4n) is 2.82. The van der Waals surface area contributed by atoms with Gasteiger partial charge < -0.3 is 10.1 Å². The van der Waals surface area contributed by atoms with E-state index in [9.17, 15) is 14.9 Å². The summed E-state index contributed by atoms with van der Waals surface area (Å²) in [6.07, 6.45) is 1.34. The number of nitro benzene ring substituents is 1. The number of allylic oxidation sites excluding steroid dienone is 1. The summed E-state index contributed by atoms with van der Waals surface area (Å²) in [4.78, 5) is 22.9. The van der Waals surface area contributed by atoms with Gasteiger partial charge in [0.25, 0.3) is 5.69 Å². The second-order valence-electron chi connectivity index (χ2n) is 6.42. The van der Waals surface area contributed by atoms with Gasteiger partial charge in [0.1, 0.15) is 11.4 Å². The number of nitro groups is 1. The largest absolute Gasteiger partial charge is 0.483 e. The molecule has 1 aromatic heterocycles. The maximum absolute atomic E-state index is 12.4. The van der Waals surface area contributed by atoms with Crippen LogP contribution < -0.4 is 10.1 Å². The molecular formula is C21H21N5O4S. The molecule has 1 atom stereocenters. The Labute approximate surface area is 183 Å². The van der Waals surface area contributed by atoms with Crippen molar-refractivity contribution in [3.63, 3.8) is 0 Å². The molecule has 0 radical (unpaired) electrons. The normalized spacial score (nSPS) is 11.5. The van der Waals surface area contributed by atoms with Crippen molar-refractivity contribution in [3.8, 4) is 5.75 Å². The van der Waals surface area contributed by atoms with Gasteiger partial charge in [0.05, 0.1) is 10.7 Å². The zero-order chi connectivity index (χ0) is 22.2. The lowest BCUT2D eigenvalue weighted by atomic mass is 10.2. The van der Waals surface area contributed by atoms with Gasteiger partial charge in [0.15, 0.2) is 17.1 Å². The third kappa shape index (κ3) is 5.70. The highest BCUT2D eigenvalue weighted by atomic mass is 32.2. The molecule has 9 nitrogen and oxygen atoms in total. The summed E-state index contributed by atoms with van der Waals surface area (Å²) in [7, 11) is 0. The second kappa shape index (κ2) is 10.4. The number of amides is 1. The topological polar surface area (TPSA) is 112 Å². The van der Waals surface area contributed by atoms with E-state index >= 15 is 0 Å². The number of para-hydroxylation sites is 3. The smallest absolute Gasteiger partial charge is 0.292 e. The summed E-state index contributed by atoms with van der Waals surface area (Å²) in [6, 6.07) is 15.4. The van der Waals surface area contributed by atoms with E-state index in [4.69, 9.17) is 4.74 Å². The lowest BCUT2D eigenvalue weighted by molar-refractivity contribution is -0.383. The van der Waals surface area contributed by atoms with E-state index in [-0.39, 0.29) is 29.1 Å². The molecule has 0 saturated heterocycles. The van der Waals surface area contributed by atoms with Crippen LogP contribution in [0.1, 0.15) is 18.9 Å². The van der Waals surface area contributed by atoms with Crippen LogP contribution in [0.2, 0.25) is 0 Å². The van der Waals surface area contributed by atoms with Crippen molar-refractivity contribution in [2.24, 2.45) is 0 Å². The Morgan fingerprint density at radius 3 is 2.68 bits per heavy atom. The van der Waals surface area contributed by atoms with Crippen LogP contribution in [0, 0.1) is 10.1 Å². The van der Waals surface area contributed by atoms with Crippen LogP contribution in [0.15, 0.2) is 72.4 Å². The number of hydrogen-bond acceptors (Lipinski definition) is 7. The van der Waals surface area contributed by atoms with Gasteiger partial charge >= 0.3 is 0 Å². The highest BCUT2D eigenvalue weighted by molar-refractivity contribution is 7.99. The second-order valence-corrected chi connectivity index (χ2v) is 7.37. The van der Waals surface area contributed by atoms with Gasteiger partial charge in [-0.15, -0.1) is 16.8 Å². The van der Waals surface area contributed by atoms with Crippen LogP contribution >= 0.6 is 11.8 Å². The Hall–Kier alpha value is -3.66. The van der Waals surface area contributed by atoms with Gasteiger partial charge in [-0.2, -0.15) is 0 Å². The molecule has 3 rings (SSSR count). The van der Waals surface area contributed by atoms with Crippen LogP contribution in [0.3, 0.4) is 0 Å². The predicted octanol–water partition coefficient (Wildman–Crippen LogP) is 4.24. The first-order chi connectivity index (χ1) is 15.0. The molecular weight excluding hydrogens is 418 g/mol. The van der Waals surface area contributed by atoms with Gasteiger partial charge in [-0.25, -0.2) is 0 Å². The lowest BCUT2D eigenvalue weighted by Crippen LogP contribution is -2.16. The fourth-order valence-corrected chi connectivity index (χ4v) is 3.57. The van der Waals surface area contributed by atoms with Crippen molar-refractivity contribution in [2.45, 2.75) is 24.7 Å². The summed E-state index contributed by atoms with van der Waals surface area (Å²) in [5.74, 6) is 0.934. The predicted molar refractivity (Wildman–Crippen MR) is 118 cm³/mol. The van der Waals surface area contributed by atoms with Crippen molar-refractivity contribution in [2.75, 3.05) is 11.1 Å². The fraction of sp³-hybridized carbons (Fsp3) is 0.190. The molecule has 0 fully saturated rings. The molecule has 0 saturated carbocycles. The van der Waals surface area contributed by atoms with E-state index in [0.29, 0.717) is 23.3 Å². The van der Waals surface area contributed by atoms with Crippen molar-refractivity contribution in [1.82, 2.24) is 14.8 Å². The summed E-state index contributed by atoms with van der Waals surface area (Å²) < 4.78 is 7.75. The highest BCUT2D eigenvalue weighted by Crippen LogP contribution is 2.26. The zero-order valence-corrected chi connectivity index (χ0v) is 17.6. The number of hydrogen-bond donors (Lipinski definition) is 1. The summed E-state index contributed by atoms with van der Waals surface area (Å²) in [5.41, 5.74) is -0.0129. The maximum Gasteiger partial charge on any atom is 0.292 e. The summed E-state index contributed by atoms with van der Waals surface area (Å²) >= 11 is 1.18. The molecule has 0 aliphatic rings. The summed E-state index contributed by atoms with van der Waals surface area (Å²) in [5, 5.41) is 22.6. The van der Waals surface area contributed by atoms with Gasteiger partial charge in [-0.05, 0) is 25.1 Å². The Bertz CT molecular complexity index is 1070. The van der Waals surface area contributed by atoms with Crippen molar-refractivity contribution in [1.29, 1.82) is 0 Å². The molecule has 0 aliphatic carbocycles. The average molecular weight is 439 g/mol. The first-order valence-corrected chi connectivity index (χ1v) is 10.4. The minimum Gasteiger partial charge on any atom is -0.483 e. The van der Waals surface area contributed by atoms with Crippen LogP contribution in [0.25, 0.3) is 0 Å². The van der Waals surface area contributed by atoms with Crippen LogP contribution in [-0.4, -0.2) is 31.3 Å². The molecule has 0 aliphatic heterocycles. The van der Waals surface area contributed by atoms with E-state index in [1.165, 1.54) is 23.9 Å². The zero-order valence-electron chi connectivity index (χ0n) is 16.8. The molecule has 3 aromatic rings. The SMILES string of the molecule is C=CCn1c(SCC(=O)Nc2ccccc2[N+](=O)[O-])nnc1C(C)Oc1ccccc1. The first-order valence-electron chi connectivity index (χ1n) is 9.41. The number of ether oxygens (including phenoxy) is 1. The molecule has 1 heterocycles.